The van der Waals surface area contributed by atoms with Crippen LogP contribution in [0.15, 0.2) is 18.2 Å². The standard InChI is InChI=1S/C14H18O2/c1-4-12(15)7-8-14(16)13-9-10(2)5-6-11(13)3/h5-6,9H,4,7-8H2,1-3H3. The molecule has 1 rings (SSSR count). The largest absolute Gasteiger partial charge is 0.300 e. The average Bonchev–Trinajstić information content (AvgIpc) is 2.28. The Morgan fingerprint density at radius 3 is 2.44 bits per heavy atom. The second-order valence-electron chi connectivity index (χ2n) is 4.13. The first-order chi connectivity index (χ1) is 7.54. The van der Waals surface area contributed by atoms with Crippen LogP contribution in [0.3, 0.4) is 0 Å². The van der Waals surface area contributed by atoms with Crippen molar-refractivity contribution in [1.29, 1.82) is 0 Å². The first kappa shape index (κ1) is 12.6. The van der Waals surface area contributed by atoms with Gasteiger partial charge >= 0.3 is 0 Å². The highest BCUT2D eigenvalue weighted by molar-refractivity contribution is 5.99. The first-order valence-corrected chi connectivity index (χ1v) is 5.66. The smallest absolute Gasteiger partial charge is 0.163 e. The lowest BCUT2D eigenvalue weighted by Gasteiger charge is -2.05. The second-order valence-corrected chi connectivity index (χ2v) is 4.13. The van der Waals surface area contributed by atoms with Crippen LogP contribution in [-0.4, -0.2) is 11.6 Å². The van der Waals surface area contributed by atoms with E-state index in [2.05, 4.69) is 0 Å². The minimum atomic E-state index is 0.0722. The van der Waals surface area contributed by atoms with E-state index >= 15 is 0 Å². The number of Topliss-reactive ketones (excluding diaryl/α,β-unsaturated/α-hetero) is 2. The van der Waals surface area contributed by atoms with Crippen molar-refractivity contribution in [3.8, 4) is 0 Å². The quantitative estimate of drug-likeness (QED) is 0.711. The van der Waals surface area contributed by atoms with Gasteiger partial charge in [0, 0.05) is 24.8 Å². The normalized spacial score (nSPS) is 10.2. The second kappa shape index (κ2) is 5.59. The highest BCUT2D eigenvalue weighted by Crippen LogP contribution is 2.14. The number of carbonyl (C=O) groups excluding carboxylic acids is 2. The van der Waals surface area contributed by atoms with Crippen LogP contribution >= 0.6 is 0 Å². The van der Waals surface area contributed by atoms with Crippen LogP contribution < -0.4 is 0 Å². The van der Waals surface area contributed by atoms with Crippen LogP contribution in [-0.2, 0) is 4.79 Å². The summed E-state index contributed by atoms with van der Waals surface area (Å²) in [6, 6.07) is 5.83. The Morgan fingerprint density at radius 1 is 1.12 bits per heavy atom. The van der Waals surface area contributed by atoms with Gasteiger partial charge in [0.1, 0.15) is 5.78 Å². The van der Waals surface area contributed by atoms with Crippen molar-refractivity contribution in [1.82, 2.24) is 0 Å². The van der Waals surface area contributed by atoms with Gasteiger partial charge in [-0.1, -0.05) is 24.6 Å². The molecule has 0 N–H and O–H groups in total. The predicted molar refractivity (Wildman–Crippen MR) is 64.8 cm³/mol. The lowest BCUT2D eigenvalue weighted by molar-refractivity contribution is -0.118. The molecule has 2 heteroatoms. The van der Waals surface area contributed by atoms with Crippen LogP contribution in [0.25, 0.3) is 0 Å². The van der Waals surface area contributed by atoms with Gasteiger partial charge in [-0.15, -0.1) is 0 Å². The molecule has 0 bridgehead atoms. The third kappa shape index (κ3) is 3.30. The minimum absolute atomic E-state index is 0.0722. The lowest BCUT2D eigenvalue weighted by Crippen LogP contribution is -2.05. The maximum absolute atomic E-state index is 11.9. The Balaban J connectivity index is 2.73. The Bertz CT molecular complexity index is 405. The Kier molecular flexibility index (Phi) is 4.41. The molecule has 0 spiro atoms. The number of hydrogen-bond donors (Lipinski definition) is 0. The van der Waals surface area contributed by atoms with Crippen molar-refractivity contribution in [3.63, 3.8) is 0 Å². The molecule has 0 aliphatic heterocycles. The topological polar surface area (TPSA) is 34.1 Å². The van der Waals surface area contributed by atoms with E-state index in [0.29, 0.717) is 19.3 Å². The van der Waals surface area contributed by atoms with Gasteiger partial charge in [0.15, 0.2) is 5.78 Å². The first-order valence-electron chi connectivity index (χ1n) is 5.66. The molecule has 0 aromatic heterocycles. The minimum Gasteiger partial charge on any atom is -0.300 e. The molecule has 1 aromatic rings. The fraction of sp³-hybridized carbons (Fsp3) is 0.429. The number of carbonyl (C=O) groups is 2. The van der Waals surface area contributed by atoms with Crippen molar-refractivity contribution in [2.45, 2.75) is 40.0 Å². The number of ketones is 2. The summed E-state index contributed by atoms with van der Waals surface area (Å²) in [7, 11) is 0. The van der Waals surface area contributed by atoms with Crippen LogP contribution in [0.5, 0.6) is 0 Å². The lowest BCUT2D eigenvalue weighted by atomic mass is 9.98. The summed E-state index contributed by atoms with van der Waals surface area (Å²) in [5.74, 6) is 0.224. The molecule has 0 heterocycles. The van der Waals surface area contributed by atoms with E-state index in [1.807, 2.05) is 39.0 Å². The molecule has 0 fully saturated rings. The van der Waals surface area contributed by atoms with E-state index in [-0.39, 0.29) is 11.6 Å². The summed E-state index contributed by atoms with van der Waals surface area (Å²) < 4.78 is 0. The van der Waals surface area contributed by atoms with Crippen LogP contribution in [0, 0.1) is 13.8 Å². The Hall–Kier alpha value is -1.44. The van der Waals surface area contributed by atoms with Crippen molar-refractivity contribution >= 4 is 11.6 Å². The van der Waals surface area contributed by atoms with E-state index in [1.165, 1.54) is 0 Å². The summed E-state index contributed by atoms with van der Waals surface area (Å²) in [5.41, 5.74) is 2.82. The Morgan fingerprint density at radius 2 is 1.81 bits per heavy atom. The van der Waals surface area contributed by atoms with Crippen molar-refractivity contribution < 1.29 is 9.59 Å². The van der Waals surface area contributed by atoms with Gasteiger partial charge in [0.2, 0.25) is 0 Å². The summed E-state index contributed by atoms with van der Waals surface area (Å²) in [6.45, 7) is 5.71. The van der Waals surface area contributed by atoms with E-state index in [1.54, 1.807) is 0 Å². The number of rotatable bonds is 5. The zero-order chi connectivity index (χ0) is 12.1. The van der Waals surface area contributed by atoms with Gasteiger partial charge < -0.3 is 0 Å². The molecule has 0 saturated carbocycles. The predicted octanol–water partition coefficient (Wildman–Crippen LogP) is 3.25. The van der Waals surface area contributed by atoms with E-state index in [0.717, 1.165) is 16.7 Å². The molecule has 1 aromatic carbocycles. The van der Waals surface area contributed by atoms with Crippen LogP contribution in [0.1, 0.15) is 47.7 Å². The van der Waals surface area contributed by atoms with E-state index < -0.39 is 0 Å². The number of benzene rings is 1. The maximum atomic E-state index is 11.9. The molecule has 16 heavy (non-hydrogen) atoms. The molecule has 86 valence electrons. The van der Waals surface area contributed by atoms with Gasteiger partial charge in [-0.25, -0.2) is 0 Å². The fourth-order valence-corrected chi connectivity index (χ4v) is 1.60. The molecular formula is C14H18O2. The molecule has 0 radical (unpaired) electrons. The number of hydrogen-bond acceptors (Lipinski definition) is 2. The maximum Gasteiger partial charge on any atom is 0.163 e. The van der Waals surface area contributed by atoms with Crippen molar-refractivity contribution in [2.75, 3.05) is 0 Å². The zero-order valence-corrected chi connectivity index (χ0v) is 10.2. The third-order valence-corrected chi connectivity index (χ3v) is 2.72. The van der Waals surface area contributed by atoms with Crippen LogP contribution in [0.2, 0.25) is 0 Å². The molecule has 0 aliphatic rings. The zero-order valence-electron chi connectivity index (χ0n) is 10.2. The van der Waals surface area contributed by atoms with Crippen LogP contribution in [0.4, 0.5) is 0 Å². The molecule has 0 unspecified atom stereocenters. The van der Waals surface area contributed by atoms with Gasteiger partial charge in [-0.3, -0.25) is 9.59 Å². The fourth-order valence-electron chi connectivity index (χ4n) is 1.60. The summed E-state index contributed by atoms with van der Waals surface area (Å²) in [4.78, 5) is 23.0. The Labute approximate surface area is 96.7 Å². The van der Waals surface area contributed by atoms with Gasteiger partial charge in [-0.2, -0.15) is 0 Å². The third-order valence-electron chi connectivity index (χ3n) is 2.72. The summed E-state index contributed by atoms with van der Waals surface area (Å²) in [5, 5.41) is 0. The van der Waals surface area contributed by atoms with E-state index in [9.17, 15) is 9.59 Å². The van der Waals surface area contributed by atoms with Crippen molar-refractivity contribution in [2.24, 2.45) is 0 Å². The van der Waals surface area contributed by atoms with Gasteiger partial charge in [-0.05, 0) is 25.5 Å². The molecular weight excluding hydrogens is 200 g/mol. The molecule has 2 nitrogen and oxygen atoms in total. The number of aryl methyl sites for hydroxylation is 2. The highest BCUT2D eigenvalue weighted by Gasteiger charge is 2.10. The average molecular weight is 218 g/mol. The van der Waals surface area contributed by atoms with E-state index in [4.69, 9.17) is 0 Å². The summed E-state index contributed by atoms with van der Waals surface area (Å²) in [6.07, 6.45) is 1.21. The molecule has 0 atom stereocenters. The van der Waals surface area contributed by atoms with Gasteiger partial charge in [0.05, 0.1) is 0 Å². The van der Waals surface area contributed by atoms with Gasteiger partial charge in [0.25, 0.3) is 0 Å². The van der Waals surface area contributed by atoms with Crippen molar-refractivity contribution in [3.05, 3.63) is 34.9 Å². The monoisotopic (exact) mass is 218 g/mol. The molecule has 0 amide bonds. The summed E-state index contributed by atoms with van der Waals surface area (Å²) >= 11 is 0. The SMILES string of the molecule is CCC(=O)CCC(=O)c1cc(C)ccc1C. The highest BCUT2D eigenvalue weighted by atomic mass is 16.1. The molecule has 0 saturated heterocycles. The molecule has 0 aliphatic carbocycles.